The molecule has 1 aromatic rings. The predicted octanol–water partition coefficient (Wildman–Crippen LogP) is 4.24. The molecule has 1 rings (SSSR count). The smallest absolute Gasteiger partial charge is 0.119 e. The van der Waals surface area contributed by atoms with Crippen molar-refractivity contribution in [1.29, 1.82) is 0 Å². The van der Waals surface area contributed by atoms with E-state index in [9.17, 15) is 0 Å². The maximum absolute atomic E-state index is 4.96. The molecule has 0 atom stereocenters. The second kappa shape index (κ2) is 51.9. The summed E-state index contributed by atoms with van der Waals surface area (Å²) in [5, 5.41) is 0. The molecule has 0 aliphatic rings. The van der Waals surface area contributed by atoms with Crippen LogP contribution in [0.5, 0.6) is 5.75 Å². The molecule has 0 unspecified atom stereocenters. The second-order valence-electron chi connectivity index (χ2n) is 1.66. The Balaban J connectivity index is -0.00000000818. The van der Waals surface area contributed by atoms with Gasteiger partial charge in [0.2, 0.25) is 0 Å². The van der Waals surface area contributed by atoms with Crippen molar-refractivity contribution in [2.45, 2.75) is 0 Å². The van der Waals surface area contributed by atoms with Crippen molar-refractivity contribution < 1.29 is 4.74 Å². The molecule has 0 saturated heterocycles. The summed E-state index contributed by atoms with van der Waals surface area (Å²) >= 11 is 3.32. The summed E-state index contributed by atoms with van der Waals surface area (Å²) in [4.78, 5) is 0. The molecule has 1 aromatic carbocycles. The van der Waals surface area contributed by atoms with Crippen LogP contribution in [0.15, 0.2) is 28.7 Å². The monoisotopic (exact) mass is 373 g/mol. The molecule has 33 N–H and O–H groups in total. The van der Waals surface area contributed by atoms with Gasteiger partial charge in [-0.15, -0.1) is 0 Å². The molecule has 0 fully saturated rings. The Hall–Kier alpha value is -0.940. The van der Waals surface area contributed by atoms with Crippen LogP contribution in [0.3, 0.4) is 0 Å². The molecule has 0 saturated carbocycles. The highest BCUT2D eigenvalue weighted by molar-refractivity contribution is 9.10. The number of methoxy groups -OCH3 is 1. The van der Waals surface area contributed by atoms with Gasteiger partial charge in [0.1, 0.15) is 5.75 Å². The Kier molecular flexibility index (Phi) is 249. The summed E-state index contributed by atoms with van der Waals surface area (Å²) in [5.74, 6) is 0.879. The van der Waals surface area contributed by atoms with Crippen LogP contribution >= 0.6 is 15.9 Å². The lowest BCUT2D eigenvalue weighted by Gasteiger charge is -1.96. The van der Waals surface area contributed by atoms with E-state index < -0.39 is 0 Å². The number of ether oxygens (including phenoxy) is 1. The van der Waals surface area contributed by atoms with Gasteiger partial charge in [0.25, 0.3) is 0 Å². The summed E-state index contributed by atoms with van der Waals surface area (Å²) in [7, 11) is 1.65. The van der Waals surface area contributed by atoms with Crippen LogP contribution < -0.4 is 72.4 Å². The van der Waals surface area contributed by atoms with Crippen molar-refractivity contribution in [3.05, 3.63) is 28.7 Å². The van der Waals surface area contributed by atoms with Gasteiger partial charge in [-0.25, -0.2) is 0 Å². The molecule has 136 valence electrons. The molecule has 0 aliphatic heterocycles. The van der Waals surface area contributed by atoms with Crippen LogP contribution in [-0.2, 0) is 0 Å². The summed E-state index contributed by atoms with van der Waals surface area (Å²) in [6, 6.07) is 7.72. The van der Waals surface area contributed by atoms with E-state index in [4.69, 9.17) is 4.74 Å². The van der Waals surface area contributed by atoms with Crippen LogP contribution in [-0.4, -0.2) is 7.11 Å². The van der Waals surface area contributed by atoms with Crippen molar-refractivity contribution in [1.82, 2.24) is 67.7 Å². The fraction of sp³-hybridized carbons (Fsp3) is 0.143. The van der Waals surface area contributed by atoms with Gasteiger partial charge in [-0.05, 0) is 18.2 Å². The first-order chi connectivity index (χ1) is 4.33. The number of halogens is 1. The number of benzene rings is 1. The molecule has 0 bridgehead atoms. The Morgan fingerprint density at radius 3 is 1.25 bits per heavy atom. The van der Waals surface area contributed by atoms with E-state index in [1.807, 2.05) is 24.3 Å². The van der Waals surface area contributed by atoms with Crippen LogP contribution in [0.1, 0.15) is 0 Å². The van der Waals surface area contributed by atoms with Crippen LogP contribution in [0.4, 0.5) is 0 Å². The third-order valence-corrected chi connectivity index (χ3v) is 1.53. The lowest BCUT2D eigenvalue weighted by Crippen LogP contribution is -1.79. The number of hydrogen-bond donors (Lipinski definition) is 11. The van der Waals surface area contributed by atoms with E-state index in [0.717, 1.165) is 10.2 Å². The zero-order valence-electron chi connectivity index (χ0n) is 12.9. The quantitative estimate of drug-likeness (QED) is 0.328. The van der Waals surface area contributed by atoms with Crippen LogP contribution in [0.25, 0.3) is 0 Å². The predicted molar refractivity (Wildman–Crippen MR) is 95.9 cm³/mol. The van der Waals surface area contributed by atoms with Gasteiger partial charge in [-0.1, -0.05) is 22.0 Å². The Morgan fingerprint density at radius 1 is 0.700 bits per heavy atom. The Bertz CT molecular complexity index is 218. The highest BCUT2D eigenvalue weighted by atomic mass is 79.9. The van der Waals surface area contributed by atoms with Crippen molar-refractivity contribution >= 4 is 15.9 Å². The van der Waals surface area contributed by atoms with E-state index >= 15 is 0 Å². The lowest BCUT2D eigenvalue weighted by atomic mass is 10.3. The first kappa shape index (κ1) is 95.7. The first-order valence-electron chi connectivity index (χ1n) is 2.62. The van der Waals surface area contributed by atoms with Crippen LogP contribution in [0.2, 0.25) is 0 Å². The van der Waals surface area contributed by atoms with E-state index in [2.05, 4.69) is 15.9 Å². The molecule has 0 heterocycles. The Labute approximate surface area is 130 Å². The second-order valence-corrected chi connectivity index (χ2v) is 2.58. The largest absolute Gasteiger partial charge is 0.497 e. The summed E-state index contributed by atoms with van der Waals surface area (Å²) in [6.45, 7) is 0. The van der Waals surface area contributed by atoms with Crippen molar-refractivity contribution in [3.63, 3.8) is 0 Å². The van der Waals surface area contributed by atoms with Crippen molar-refractivity contribution in [2.75, 3.05) is 7.11 Å². The maximum Gasteiger partial charge on any atom is 0.119 e. The number of hydrogen-bond acceptors (Lipinski definition) is 12. The molecule has 12 nitrogen and oxygen atoms in total. The van der Waals surface area contributed by atoms with Gasteiger partial charge in [0, 0.05) is 4.47 Å². The molecule has 0 spiro atoms. The summed E-state index contributed by atoms with van der Waals surface area (Å²) in [5.41, 5.74) is 0. The third-order valence-electron chi connectivity index (χ3n) is 1.03. The van der Waals surface area contributed by atoms with E-state index in [1.54, 1.807) is 7.11 Å². The van der Waals surface area contributed by atoms with E-state index in [0.29, 0.717) is 0 Å². The topological polar surface area (TPSA) is 394 Å². The van der Waals surface area contributed by atoms with Gasteiger partial charge in [-0.3, -0.25) is 0 Å². The van der Waals surface area contributed by atoms with E-state index in [1.165, 1.54) is 0 Å². The van der Waals surface area contributed by atoms with Gasteiger partial charge < -0.3 is 72.4 Å². The summed E-state index contributed by atoms with van der Waals surface area (Å²) in [6.07, 6.45) is 0. The van der Waals surface area contributed by atoms with Crippen LogP contribution in [0, 0.1) is 0 Å². The normalized spacial score (nSPS) is 4.10. The average molecular weight is 374 g/mol. The zero-order chi connectivity index (χ0) is 6.69. The molecule has 0 aliphatic carbocycles. The van der Waals surface area contributed by atoms with Crippen molar-refractivity contribution in [2.24, 2.45) is 0 Å². The average Bonchev–Trinajstić information content (AvgIpc) is 1.88. The summed E-state index contributed by atoms with van der Waals surface area (Å²) < 4.78 is 6.01. The molecule has 0 amide bonds. The molecule has 20 heavy (non-hydrogen) atoms. The van der Waals surface area contributed by atoms with Gasteiger partial charge in [0.15, 0.2) is 0 Å². The number of rotatable bonds is 1. The lowest BCUT2D eigenvalue weighted by molar-refractivity contribution is 0.414. The standard InChI is InChI=1S/C7H7BrO.11H3N/c1-9-7-4-2-3-6(8)5-7;;;;;;;;;;;/h2-5H,1H3;11*1H3. The SMILES string of the molecule is COc1cccc(Br)c1.N.N.N.N.N.N.N.N.N.N.N. The Morgan fingerprint density at radius 2 is 1.05 bits per heavy atom. The molecular weight excluding hydrogens is 334 g/mol. The van der Waals surface area contributed by atoms with Gasteiger partial charge >= 0.3 is 0 Å². The fourth-order valence-electron chi connectivity index (χ4n) is 0.594. The minimum Gasteiger partial charge on any atom is -0.497 e. The molecule has 13 heteroatoms. The molecule has 0 aromatic heterocycles. The van der Waals surface area contributed by atoms with E-state index in [-0.39, 0.29) is 67.7 Å². The van der Waals surface area contributed by atoms with Crippen molar-refractivity contribution in [3.8, 4) is 5.75 Å². The third kappa shape index (κ3) is 36.0. The van der Waals surface area contributed by atoms with Gasteiger partial charge in [0.05, 0.1) is 7.11 Å². The maximum atomic E-state index is 4.96. The minimum atomic E-state index is 0. The minimum absolute atomic E-state index is 0. The zero-order valence-corrected chi connectivity index (χ0v) is 14.5. The van der Waals surface area contributed by atoms with Gasteiger partial charge in [-0.2, -0.15) is 0 Å². The first-order valence-corrected chi connectivity index (χ1v) is 3.42. The highest BCUT2D eigenvalue weighted by Gasteiger charge is 1.88. The highest BCUT2D eigenvalue weighted by Crippen LogP contribution is 2.16. The fourth-order valence-corrected chi connectivity index (χ4v) is 0.972. The molecule has 0 radical (unpaired) electrons. The molecular formula is C7H40BrN11O.